The van der Waals surface area contributed by atoms with Crippen molar-refractivity contribution >= 4 is 18.0 Å². The van der Waals surface area contributed by atoms with Crippen LogP contribution in [-0.4, -0.2) is 58.1 Å². The molecule has 4 amide bonds. The molecule has 41 heavy (non-hydrogen) atoms. The Morgan fingerprint density at radius 3 is 2.34 bits per heavy atom. The number of allylic oxidation sites excluding steroid dienone is 1. The van der Waals surface area contributed by atoms with Crippen molar-refractivity contribution in [2.45, 2.75) is 63.1 Å². The Hall–Kier alpha value is -4.30. The van der Waals surface area contributed by atoms with E-state index in [1.807, 2.05) is 24.3 Å². The monoisotopic (exact) mass is 563 g/mol. The third kappa shape index (κ3) is 5.79. The third-order valence-electron chi connectivity index (χ3n) is 8.43. The second-order valence-electron chi connectivity index (χ2n) is 10.9. The second kappa shape index (κ2) is 11.7. The van der Waals surface area contributed by atoms with Crippen molar-refractivity contribution in [3.63, 3.8) is 0 Å². The van der Waals surface area contributed by atoms with Crippen LogP contribution in [0.5, 0.6) is 0 Å². The Morgan fingerprint density at radius 1 is 1.02 bits per heavy atom. The van der Waals surface area contributed by atoms with E-state index in [-0.39, 0.29) is 22.9 Å². The molecule has 2 aromatic rings. The van der Waals surface area contributed by atoms with Gasteiger partial charge in [-0.1, -0.05) is 18.2 Å². The van der Waals surface area contributed by atoms with Crippen LogP contribution in [0.25, 0.3) is 0 Å². The summed E-state index contributed by atoms with van der Waals surface area (Å²) in [5.74, 6) is -3.28. The molecule has 2 aliphatic heterocycles. The molecule has 0 radical (unpaired) electrons. The SMILES string of the molecule is CC1=C(C(=O)O)[C@H](c2ccc(F)c(F)c2)N(C(=O)N[C@@H]2CCN(C3CCC(c4ccc(C#N)cc4)CC3)C2)C(=O)N1. The van der Waals surface area contributed by atoms with Crippen LogP contribution in [0.3, 0.4) is 0 Å². The molecule has 2 atom stereocenters. The number of hydrogen-bond donors (Lipinski definition) is 3. The van der Waals surface area contributed by atoms with Crippen molar-refractivity contribution < 1.29 is 28.3 Å². The van der Waals surface area contributed by atoms with Crippen molar-refractivity contribution in [2.75, 3.05) is 13.1 Å². The molecule has 5 rings (SSSR count). The highest BCUT2D eigenvalue weighted by molar-refractivity contribution is 6.01. The number of benzene rings is 2. The number of aliphatic carboxylic acids is 1. The first kappa shape index (κ1) is 28.2. The molecule has 0 aromatic heterocycles. The van der Waals surface area contributed by atoms with Crippen LogP contribution in [0.1, 0.15) is 67.7 Å². The van der Waals surface area contributed by atoms with Crippen molar-refractivity contribution in [3.8, 4) is 6.07 Å². The predicted molar refractivity (Wildman–Crippen MR) is 144 cm³/mol. The lowest BCUT2D eigenvalue weighted by Crippen LogP contribution is -2.56. The number of hydrogen-bond acceptors (Lipinski definition) is 5. The second-order valence-corrected chi connectivity index (χ2v) is 10.9. The van der Waals surface area contributed by atoms with Gasteiger partial charge < -0.3 is 15.7 Å². The first-order valence-electron chi connectivity index (χ1n) is 13.7. The molecule has 214 valence electrons. The molecule has 2 fully saturated rings. The van der Waals surface area contributed by atoms with Gasteiger partial charge >= 0.3 is 18.0 Å². The summed E-state index contributed by atoms with van der Waals surface area (Å²) in [4.78, 5) is 41.6. The number of urea groups is 2. The van der Waals surface area contributed by atoms with Crippen LogP contribution in [-0.2, 0) is 4.79 Å². The van der Waals surface area contributed by atoms with E-state index in [4.69, 9.17) is 5.26 Å². The number of imide groups is 1. The number of amides is 4. The zero-order valence-corrected chi connectivity index (χ0v) is 22.6. The molecule has 1 saturated heterocycles. The van der Waals surface area contributed by atoms with Crippen LogP contribution in [0, 0.1) is 23.0 Å². The Balaban J connectivity index is 1.24. The summed E-state index contributed by atoms with van der Waals surface area (Å²) < 4.78 is 27.7. The van der Waals surface area contributed by atoms with Gasteiger partial charge in [-0.25, -0.2) is 28.1 Å². The lowest BCUT2D eigenvalue weighted by molar-refractivity contribution is -0.133. The normalized spacial score (nSPS) is 25.0. The maximum atomic E-state index is 14.1. The highest BCUT2D eigenvalue weighted by atomic mass is 19.2. The van der Waals surface area contributed by atoms with Gasteiger partial charge in [-0.15, -0.1) is 0 Å². The van der Waals surface area contributed by atoms with Gasteiger partial charge in [0.25, 0.3) is 0 Å². The Kier molecular flexibility index (Phi) is 8.03. The largest absolute Gasteiger partial charge is 0.478 e. The smallest absolute Gasteiger partial charge is 0.335 e. The van der Waals surface area contributed by atoms with Gasteiger partial charge in [0.05, 0.1) is 17.2 Å². The summed E-state index contributed by atoms with van der Waals surface area (Å²) >= 11 is 0. The number of carboxylic acid groups (broad SMARTS) is 1. The summed E-state index contributed by atoms with van der Waals surface area (Å²) in [7, 11) is 0. The predicted octanol–water partition coefficient (Wildman–Crippen LogP) is 4.77. The van der Waals surface area contributed by atoms with E-state index >= 15 is 0 Å². The molecule has 3 aliphatic rings. The van der Waals surface area contributed by atoms with E-state index in [2.05, 4.69) is 21.6 Å². The van der Waals surface area contributed by atoms with Gasteiger partial charge in [-0.3, -0.25) is 4.90 Å². The number of nitrogens with one attached hydrogen (secondary N) is 2. The Morgan fingerprint density at radius 2 is 1.71 bits per heavy atom. The van der Waals surface area contributed by atoms with Crippen LogP contribution in [0.4, 0.5) is 18.4 Å². The number of rotatable bonds is 5. The number of halogens is 2. The molecule has 2 aromatic carbocycles. The molecule has 1 saturated carbocycles. The number of likely N-dealkylation sites (tertiary alicyclic amines) is 1. The molecule has 0 spiro atoms. The molecular formula is C30H31F2N5O4. The van der Waals surface area contributed by atoms with Gasteiger partial charge in [0.15, 0.2) is 11.6 Å². The van der Waals surface area contributed by atoms with Gasteiger partial charge in [0, 0.05) is 30.9 Å². The van der Waals surface area contributed by atoms with Crippen molar-refractivity contribution in [2.24, 2.45) is 0 Å². The topological polar surface area (TPSA) is 126 Å². The van der Waals surface area contributed by atoms with Crippen LogP contribution < -0.4 is 10.6 Å². The number of nitriles is 1. The van der Waals surface area contributed by atoms with Crippen LogP contribution in [0.15, 0.2) is 53.7 Å². The molecule has 11 heteroatoms. The van der Waals surface area contributed by atoms with E-state index in [9.17, 15) is 28.3 Å². The average Bonchev–Trinajstić information content (AvgIpc) is 3.42. The molecule has 2 heterocycles. The van der Waals surface area contributed by atoms with Gasteiger partial charge in [0.2, 0.25) is 0 Å². The first-order valence-corrected chi connectivity index (χ1v) is 13.7. The summed E-state index contributed by atoms with van der Waals surface area (Å²) in [5.41, 5.74) is 1.58. The molecule has 0 bridgehead atoms. The fourth-order valence-corrected chi connectivity index (χ4v) is 6.31. The number of carbonyl (C=O) groups is 3. The van der Waals surface area contributed by atoms with Gasteiger partial charge in [-0.2, -0.15) is 5.26 Å². The fourth-order valence-electron chi connectivity index (χ4n) is 6.31. The number of carboxylic acids is 1. The summed E-state index contributed by atoms with van der Waals surface area (Å²) in [6.07, 6.45) is 4.72. The van der Waals surface area contributed by atoms with Crippen LogP contribution in [0.2, 0.25) is 0 Å². The highest BCUT2D eigenvalue weighted by Crippen LogP contribution is 2.37. The summed E-state index contributed by atoms with van der Waals surface area (Å²) in [5, 5.41) is 24.2. The Labute approximate surface area is 236 Å². The van der Waals surface area contributed by atoms with Crippen molar-refractivity contribution in [1.82, 2.24) is 20.4 Å². The zero-order valence-electron chi connectivity index (χ0n) is 22.6. The maximum absolute atomic E-state index is 14.1. The van der Waals surface area contributed by atoms with E-state index in [1.165, 1.54) is 18.6 Å². The quantitative estimate of drug-likeness (QED) is 0.481. The third-order valence-corrected chi connectivity index (χ3v) is 8.43. The highest BCUT2D eigenvalue weighted by Gasteiger charge is 2.43. The van der Waals surface area contributed by atoms with E-state index < -0.39 is 35.7 Å². The molecule has 9 nitrogen and oxygen atoms in total. The first-order chi connectivity index (χ1) is 19.7. The molecular weight excluding hydrogens is 532 g/mol. The van der Waals surface area contributed by atoms with E-state index in [0.29, 0.717) is 30.5 Å². The number of carbonyl (C=O) groups excluding carboxylic acids is 2. The van der Waals surface area contributed by atoms with Gasteiger partial charge in [-0.05, 0) is 80.3 Å². The standard InChI is InChI=1S/C30H31F2N5O4/c1-17-26(28(38)39)27(21-8-11-24(31)25(32)14-21)37(29(40)34-17)30(41)35-22-12-13-36(16-22)23-9-6-20(7-10-23)19-4-2-18(15-33)3-5-19/h2-5,8,11,14,20,22-23,27H,6-7,9-10,12-13,16H2,1H3,(H,34,40)(H,35,41)(H,38,39)/t20?,22-,23?,27+/m1/s1. The molecule has 0 unspecified atom stereocenters. The lowest BCUT2D eigenvalue weighted by Gasteiger charge is -2.36. The average molecular weight is 564 g/mol. The maximum Gasteiger partial charge on any atom is 0.335 e. The van der Waals surface area contributed by atoms with E-state index in [1.54, 1.807) is 0 Å². The fraction of sp³-hybridized carbons (Fsp3) is 0.400. The summed E-state index contributed by atoms with van der Waals surface area (Å²) in [6.45, 7) is 2.74. The minimum absolute atomic E-state index is 0.0185. The Bertz CT molecular complexity index is 1430. The molecule has 1 aliphatic carbocycles. The lowest BCUT2D eigenvalue weighted by atomic mass is 9.81. The summed E-state index contributed by atoms with van der Waals surface area (Å²) in [6, 6.07) is 9.73. The van der Waals surface area contributed by atoms with Gasteiger partial charge in [0.1, 0.15) is 6.04 Å². The number of nitrogens with zero attached hydrogens (tertiary/aromatic N) is 3. The zero-order chi connectivity index (χ0) is 29.3. The van der Waals surface area contributed by atoms with Crippen molar-refractivity contribution in [3.05, 3.63) is 82.1 Å². The minimum atomic E-state index is -1.44. The molecule has 3 N–H and O–H groups in total. The van der Waals surface area contributed by atoms with Crippen molar-refractivity contribution in [1.29, 1.82) is 5.26 Å². The van der Waals surface area contributed by atoms with Crippen LogP contribution >= 0.6 is 0 Å². The minimum Gasteiger partial charge on any atom is -0.478 e. The van der Waals surface area contributed by atoms with E-state index in [0.717, 1.165) is 49.3 Å².